The van der Waals surface area contributed by atoms with Crippen LogP contribution in [0.4, 0.5) is 0 Å². The highest BCUT2D eigenvalue weighted by Crippen LogP contribution is 2.22. The molecule has 1 saturated heterocycles. The van der Waals surface area contributed by atoms with Crippen molar-refractivity contribution < 1.29 is 0 Å². The van der Waals surface area contributed by atoms with Crippen molar-refractivity contribution in [3.05, 3.63) is 0 Å². The third-order valence-corrected chi connectivity index (χ3v) is 3.80. The van der Waals surface area contributed by atoms with Gasteiger partial charge in [-0.1, -0.05) is 20.8 Å². The second-order valence-electron chi connectivity index (χ2n) is 5.51. The van der Waals surface area contributed by atoms with Gasteiger partial charge in [-0.3, -0.25) is 4.90 Å². The highest BCUT2D eigenvalue weighted by atomic mass is 15.2. The normalized spacial score (nSPS) is 27.2. The summed E-state index contributed by atoms with van der Waals surface area (Å²) in [6.45, 7) is 14.0. The first-order valence-corrected chi connectivity index (χ1v) is 6.51. The molecule has 1 aliphatic rings. The van der Waals surface area contributed by atoms with Crippen LogP contribution in [-0.2, 0) is 0 Å². The lowest BCUT2D eigenvalue weighted by molar-refractivity contribution is 0.152. The van der Waals surface area contributed by atoms with E-state index in [2.05, 4.69) is 44.8 Å². The van der Waals surface area contributed by atoms with Gasteiger partial charge in [-0.05, 0) is 45.7 Å². The lowest BCUT2D eigenvalue weighted by Crippen LogP contribution is -2.43. The molecule has 90 valence electrons. The number of nitrogens with one attached hydrogen (secondary N) is 1. The quantitative estimate of drug-likeness (QED) is 0.753. The van der Waals surface area contributed by atoms with Crippen molar-refractivity contribution in [1.82, 2.24) is 10.2 Å². The van der Waals surface area contributed by atoms with Gasteiger partial charge in [0.25, 0.3) is 0 Å². The molecule has 1 aliphatic heterocycles. The Labute approximate surface area is 95.4 Å². The van der Waals surface area contributed by atoms with E-state index in [-0.39, 0.29) is 0 Å². The van der Waals surface area contributed by atoms with Crippen LogP contribution in [0.5, 0.6) is 0 Å². The SMILES string of the molecule is CC(C)NCC(C)C(C)N1CCCC1C. The van der Waals surface area contributed by atoms with E-state index in [1.54, 1.807) is 0 Å². The van der Waals surface area contributed by atoms with Gasteiger partial charge in [-0.2, -0.15) is 0 Å². The maximum absolute atomic E-state index is 3.54. The monoisotopic (exact) mass is 212 g/mol. The fraction of sp³-hybridized carbons (Fsp3) is 1.00. The van der Waals surface area contributed by atoms with Gasteiger partial charge in [-0.15, -0.1) is 0 Å². The van der Waals surface area contributed by atoms with Gasteiger partial charge >= 0.3 is 0 Å². The zero-order valence-electron chi connectivity index (χ0n) is 11.1. The third-order valence-electron chi connectivity index (χ3n) is 3.80. The molecule has 1 heterocycles. The molecule has 0 saturated carbocycles. The number of likely N-dealkylation sites (tertiary alicyclic amines) is 1. The lowest BCUT2D eigenvalue weighted by atomic mass is 10.0. The first-order valence-electron chi connectivity index (χ1n) is 6.51. The Morgan fingerprint density at radius 3 is 2.40 bits per heavy atom. The van der Waals surface area contributed by atoms with Crippen molar-refractivity contribution >= 4 is 0 Å². The van der Waals surface area contributed by atoms with Crippen LogP contribution < -0.4 is 5.32 Å². The van der Waals surface area contributed by atoms with E-state index in [0.717, 1.165) is 18.5 Å². The van der Waals surface area contributed by atoms with Crippen LogP contribution in [0.15, 0.2) is 0 Å². The summed E-state index contributed by atoms with van der Waals surface area (Å²) >= 11 is 0. The topological polar surface area (TPSA) is 15.3 Å². The van der Waals surface area contributed by atoms with Crippen LogP contribution in [0, 0.1) is 5.92 Å². The third kappa shape index (κ3) is 3.76. The predicted octanol–water partition coefficient (Wildman–Crippen LogP) is 2.49. The maximum atomic E-state index is 3.54. The zero-order valence-corrected chi connectivity index (χ0v) is 11.1. The minimum atomic E-state index is 0.607. The summed E-state index contributed by atoms with van der Waals surface area (Å²) in [5, 5.41) is 3.54. The standard InChI is InChI=1S/C13H28N2/c1-10(2)14-9-11(3)13(5)15-8-6-7-12(15)4/h10-14H,6-9H2,1-5H3. The second kappa shape index (κ2) is 5.86. The summed E-state index contributed by atoms with van der Waals surface area (Å²) < 4.78 is 0. The summed E-state index contributed by atoms with van der Waals surface area (Å²) in [5.74, 6) is 0.743. The van der Waals surface area contributed by atoms with Crippen LogP contribution in [-0.4, -0.2) is 36.1 Å². The van der Waals surface area contributed by atoms with E-state index in [4.69, 9.17) is 0 Å². The average Bonchev–Trinajstić information content (AvgIpc) is 2.59. The van der Waals surface area contributed by atoms with Gasteiger partial charge in [-0.25, -0.2) is 0 Å². The van der Waals surface area contributed by atoms with Crippen LogP contribution in [0.25, 0.3) is 0 Å². The molecule has 2 nitrogen and oxygen atoms in total. The summed E-state index contributed by atoms with van der Waals surface area (Å²) in [6.07, 6.45) is 2.77. The first kappa shape index (κ1) is 13.0. The molecular formula is C13H28N2. The lowest BCUT2D eigenvalue weighted by Gasteiger charge is -2.33. The Balaban J connectivity index is 2.34. The first-order chi connectivity index (χ1) is 7.02. The average molecular weight is 212 g/mol. The van der Waals surface area contributed by atoms with Crippen molar-refractivity contribution in [2.45, 2.75) is 65.6 Å². The van der Waals surface area contributed by atoms with E-state index in [1.807, 2.05) is 0 Å². The van der Waals surface area contributed by atoms with Crippen LogP contribution in [0.1, 0.15) is 47.5 Å². The van der Waals surface area contributed by atoms with Gasteiger partial charge in [0, 0.05) is 18.1 Å². The van der Waals surface area contributed by atoms with E-state index >= 15 is 0 Å². The molecule has 2 heteroatoms. The van der Waals surface area contributed by atoms with Gasteiger partial charge < -0.3 is 5.32 Å². The van der Waals surface area contributed by atoms with Crippen LogP contribution >= 0.6 is 0 Å². The summed E-state index contributed by atoms with van der Waals surface area (Å²) in [4.78, 5) is 2.67. The molecule has 0 aromatic rings. The second-order valence-corrected chi connectivity index (χ2v) is 5.51. The van der Waals surface area contributed by atoms with Crippen molar-refractivity contribution in [2.24, 2.45) is 5.92 Å². The Morgan fingerprint density at radius 2 is 1.93 bits per heavy atom. The molecule has 0 aromatic heterocycles. The molecule has 0 spiro atoms. The molecule has 0 amide bonds. The van der Waals surface area contributed by atoms with Crippen molar-refractivity contribution in [3.8, 4) is 0 Å². The Bertz CT molecular complexity index is 179. The fourth-order valence-corrected chi connectivity index (χ4v) is 2.48. The van der Waals surface area contributed by atoms with Gasteiger partial charge in [0.2, 0.25) is 0 Å². The Kier molecular flexibility index (Phi) is 5.07. The highest BCUT2D eigenvalue weighted by Gasteiger charge is 2.27. The smallest absolute Gasteiger partial charge is 0.0107 e. The van der Waals surface area contributed by atoms with E-state index in [1.165, 1.54) is 19.4 Å². The molecule has 15 heavy (non-hydrogen) atoms. The van der Waals surface area contributed by atoms with Gasteiger partial charge in [0.1, 0.15) is 0 Å². The highest BCUT2D eigenvalue weighted by molar-refractivity contribution is 4.83. The molecular weight excluding hydrogens is 184 g/mol. The van der Waals surface area contributed by atoms with Crippen molar-refractivity contribution in [3.63, 3.8) is 0 Å². The number of hydrogen-bond acceptors (Lipinski definition) is 2. The van der Waals surface area contributed by atoms with Gasteiger partial charge in [0.05, 0.1) is 0 Å². The molecule has 3 atom stereocenters. The Hall–Kier alpha value is -0.0800. The fourth-order valence-electron chi connectivity index (χ4n) is 2.48. The zero-order chi connectivity index (χ0) is 11.4. The molecule has 1 N–H and O–H groups in total. The van der Waals surface area contributed by atoms with E-state index < -0.39 is 0 Å². The van der Waals surface area contributed by atoms with Crippen LogP contribution in [0.3, 0.4) is 0 Å². The van der Waals surface area contributed by atoms with Crippen molar-refractivity contribution in [2.75, 3.05) is 13.1 Å². The largest absolute Gasteiger partial charge is 0.314 e. The summed E-state index contributed by atoms with van der Waals surface area (Å²) in [6, 6.07) is 2.12. The maximum Gasteiger partial charge on any atom is 0.0107 e. The number of nitrogens with zero attached hydrogens (tertiary/aromatic N) is 1. The van der Waals surface area contributed by atoms with E-state index in [0.29, 0.717) is 12.1 Å². The van der Waals surface area contributed by atoms with Gasteiger partial charge in [0.15, 0.2) is 0 Å². The molecule has 1 fully saturated rings. The van der Waals surface area contributed by atoms with Crippen LogP contribution in [0.2, 0.25) is 0 Å². The minimum absolute atomic E-state index is 0.607. The van der Waals surface area contributed by atoms with Crippen molar-refractivity contribution in [1.29, 1.82) is 0 Å². The number of hydrogen-bond donors (Lipinski definition) is 1. The molecule has 3 unspecified atom stereocenters. The minimum Gasteiger partial charge on any atom is -0.314 e. The summed E-state index contributed by atoms with van der Waals surface area (Å²) in [5.41, 5.74) is 0. The Morgan fingerprint density at radius 1 is 1.27 bits per heavy atom. The molecule has 0 aromatic carbocycles. The molecule has 0 aliphatic carbocycles. The molecule has 0 bridgehead atoms. The molecule has 0 radical (unpaired) electrons. The summed E-state index contributed by atoms with van der Waals surface area (Å²) in [7, 11) is 0. The number of rotatable bonds is 5. The predicted molar refractivity (Wildman–Crippen MR) is 67.2 cm³/mol. The molecule has 1 rings (SSSR count). The van der Waals surface area contributed by atoms with E-state index in [9.17, 15) is 0 Å².